The van der Waals surface area contributed by atoms with Crippen molar-refractivity contribution in [1.29, 1.82) is 0 Å². The molecule has 25 heavy (non-hydrogen) atoms. The van der Waals surface area contributed by atoms with Crippen LogP contribution in [0.15, 0.2) is 48.5 Å². The molecule has 134 valence electrons. The van der Waals surface area contributed by atoms with Crippen LogP contribution < -0.4 is 20.1 Å². The summed E-state index contributed by atoms with van der Waals surface area (Å²) in [5.41, 5.74) is 1.85. The summed E-state index contributed by atoms with van der Waals surface area (Å²) < 4.78 is 16.1. The van der Waals surface area contributed by atoms with Gasteiger partial charge in [0, 0.05) is 25.8 Å². The predicted octanol–water partition coefficient (Wildman–Crippen LogP) is 2.89. The van der Waals surface area contributed by atoms with Crippen molar-refractivity contribution < 1.29 is 19.0 Å². The van der Waals surface area contributed by atoms with Gasteiger partial charge in [0.1, 0.15) is 0 Å². The Morgan fingerprint density at radius 2 is 1.72 bits per heavy atom. The van der Waals surface area contributed by atoms with Crippen molar-refractivity contribution >= 4 is 6.03 Å². The molecule has 0 saturated carbocycles. The molecule has 2 N–H and O–H groups in total. The predicted molar refractivity (Wildman–Crippen MR) is 96.0 cm³/mol. The van der Waals surface area contributed by atoms with Gasteiger partial charge in [0.05, 0.1) is 20.3 Å². The zero-order chi connectivity index (χ0) is 18.1. The molecule has 6 heteroatoms. The number of rotatable bonds is 8. The molecule has 2 rings (SSSR count). The standard InChI is InChI=1S/C19H24N2O4/c1-23-16-11-7-10-15(18(16)25-3)12-20-19(22)21-13-17(24-2)14-8-5-4-6-9-14/h4-11,17H,12-13H2,1-3H3,(H2,20,21,22). The molecular weight excluding hydrogens is 320 g/mol. The number of ether oxygens (including phenoxy) is 3. The summed E-state index contributed by atoms with van der Waals surface area (Å²) in [4.78, 5) is 12.1. The van der Waals surface area contributed by atoms with Crippen LogP contribution in [0.5, 0.6) is 11.5 Å². The lowest BCUT2D eigenvalue weighted by Crippen LogP contribution is -2.37. The van der Waals surface area contributed by atoms with Crippen LogP contribution in [0.4, 0.5) is 4.79 Å². The van der Waals surface area contributed by atoms with Crippen molar-refractivity contribution in [3.8, 4) is 11.5 Å². The van der Waals surface area contributed by atoms with Gasteiger partial charge >= 0.3 is 6.03 Å². The Morgan fingerprint density at radius 3 is 2.36 bits per heavy atom. The second-order valence-corrected chi connectivity index (χ2v) is 5.35. The van der Waals surface area contributed by atoms with Crippen molar-refractivity contribution in [2.75, 3.05) is 27.9 Å². The summed E-state index contributed by atoms with van der Waals surface area (Å²) in [5, 5.41) is 5.64. The highest BCUT2D eigenvalue weighted by atomic mass is 16.5. The van der Waals surface area contributed by atoms with Crippen LogP contribution in [-0.2, 0) is 11.3 Å². The molecule has 1 atom stereocenters. The lowest BCUT2D eigenvalue weighted by molar-refractivity contribution is 0.104. The largest absolute Gasteiger partial charge is 0.493 e. The van der Waals surface area contributed by atoms with Crippen molar-refractivity contribution in [2.24, 2.45) is 0 Å². The van der Waals surface area contributed by atoms with Crippen molar-refractivity contribution in [2.45, 2.75) is 12.6 Å². The molecule has 6 nitrogen and oxygen atoms in total. The molecule has 0 bridgehead atoms. The highest BCUT2D eigenvalue weighted by Gasteiger charge is 2.13. The van der Waals surface area contributed by atoms with Crippen molar-refractivity contribution in [1.82, 2.24) is 10.6 Å². The number of carbonyl (C=O) groups is 1. The van der Waals surface area contributed by atoms with Crippen LogP contribution in [0, 0.1) is 0 Å². The van der Waals surface area contributed by atoms with E-state index in [-0.39, 0.29) is 12.1 Å². The number of methoxy groups -OCH3 is 3. The van der Waals surface area contributed by atoms with Gasteiger partial charge in [0.15, 0.2) is 11.5 Å². The monoisotopic (exact) mass is 344 g/mol. The average molecular weight is 344 g/mol. The van der Waals surface area contributed by atoms with Gasteiger partial charge < -0.3 is 24.8 Å². The van der Waals surface area contributed by atoms with E-state index in [1.54, 1.807) is 21.3 Å². The van der Waals surface area contributed by atoms with Gasteiger partial charge in [-0.2, -0.15) is 0 Å². The molecule has 2 amide bonds. The second-order valence-electron chi connectivity index (χ2n) is 5.35. The molecule has 0 radical (unpaired) electrons. The molecule has 0 aliphatic rings. The second kappa shape index (κ2) is 9.54. The van der Waals surface area contributed by atoms with E-state index < -0.39 is 0 Å². The van der Waals surface area contributed by atoms with Crippen LogP contribution in [0.1, 0.15) is 17.2 Å². The maximum atomic E-state index is 12.1. The number of amides is 2. The van der Waals surface area contributed by atoms with E-state index in [1.165, 1.54) is 0 Å². The SMILES string of the molecule is COc1cccc(CNC(=O)NCC(OC)c2ccccc2)c1OC. The summed E-state index contributed by atoms with van der Waals surface area (Å²) in [7, 11) is 4.78. The normalized spacial score (nSPS) is 11.5. The van der Waals surface area contributed by atoms with Crippen LogP contribution in [0.25, 0.3) is 0 Å². The minimum atomic E-state index is -0.275. The molecule has 0 aliphatic heterocycles. The fourth-order valence-electron chi connectivity index (χ4n) is 2.52. The molecule has 2 aromatic carbocycles. The Balaban J connectivity index is 1.89. The van der Waals surface area contributed by atoms with Crippen LogP contribution in [-0.4, -0.2) is 33.9 Å². The number of hydrogen-bond donors (Lipinski definition) is 2. The average Bonchev–Trinajstić information content (AvgIpc) is 2.67. The van der Waals surface area contributed by atoms with Gasteiger partial charge in [-0.3, -0.25) is 0 Å². The van der Waals surface area contributed by atoms with Crippen LogP contribution >= 0.6 is 0 Å². The smallest absolute Gasteiger partial charge is 0.315 e. The van der Waals surface area contributed by atoms with Gasteiger partial charge in [0.25, 0.3) is 0 Å². The van der Waals surface area contributed by atoms with Crippen LogP contribution in [0.3, 0.4) is 0 Å². The third kappa shape index (κ3) is 5.12. The number of hydrogen-bond acceptors (Lipinski definition) is 4. The lowest BCUT2D eigenvalue weighted by atomic mass is 10.1. The van der Waals surface area contributed by atoms with Gasteiger partial charge in [-0.15, -0.1) is 0 Å². The summed E-state index contributed by atoms with van der Waals surface area (Å²) in [6.45, 7) is 0.705. The van der Waals surface area contributed by atoms with Crippen molar-refractivity contribution in [3.05, 3.63) is 59.7 Å². The number of carbonyl (C=O) groups excluding carboxylic acids is 1. The summed E-state index contributed by atoms with van der Waals surface area (Å²) in [6.07, 6.45) is -0.196. The van der Waals surface area contributed by atoms with E-state index in [9.17, 15) is 4.79 Å². The van der Waals surface area contributed by atoms with E-state index in [1.807, 2.05) is 48.5 Å². The molecule has 0 aliphatic carbocycles. The summed E-state index contributed by atoms with van der Waals surface area (Å²) in [5.74, 6) is 1.25. The molecule has 0 heterocycles. The molecule has 0 spiro atoms. The fourth-order valence-corrected chi connectivity index (χ4v) is 2.52. The van der Waals surface area contributed by atoms with Crippen LogP contribution in [0.2, 0.25) is 0 Å². The Hall–Kier alpha value is -2.73. The molecule has 2 aromatic rings. The Labute approximate surface area is 148 Å². The van der Waals surface area contributed by atoms with E-state index in [2.05, 4.69) is 10.6 Å². The maximum Gasteiger partial charge on any atom is 0.315 e. The highest BCUT2D eigenvalue weighted by molar-refractivity contribution is 5.74. The zero-order valence-electron chi connectivity index (χ0n) is 14.7. The van der Waals surface area contributed by atoms with Gasteiger partial charge in [0.2, 0.25) is 0 Å². The summed E-state index contributed by atoms with van der Waals surface area (Å²) >= 11 is 0. The number of nitrogens with one attached hydrogen (secondary N) is 2. The van der Waals surface area contributed by atoms with E-state index >= 15 is 0 Å². The number of para-hydroxylation sites is 1. The van der Waals surface area contributed by atoms with E-state index in [0.29, 0.717) is 24.6 Å². The maximum absolute atomic E-state index is 12.1. The third-order valence-electron chi connectivity index (χ3n) is 3.83. The Morgan fingerprint density at radius 1 is 0.960 bits per heavy atom. The summed E-state index contributed by atoms with van der Waals surface area (Å²) in [6, 6.07) is 15.0. The van der Waals surface area contributed by atoms with E-state index in [0.717, 1.165) is 11.1 Å². The highest BCUT2D eigenvalue weighted by Crippen LogP contribution is 2.30. The Bertz CT molecular complexity index is 676. The fraction of sp³-hybridized carbons (Fsp3) is 0.316. The molecule has 1 unspecified atom stereocenters. The van der Waals surface area contributed by atoms with Crippen molar-refractivity contribution in [3.63, 3.8) is 0 Å². The first kappa shape index (κ1) is 18.6. The quantitative estimate of drug-likeness (QED) is 0.773. The third-order valence-corrected chi connectivity index (χ3v) is 3.83. The molecular formula is C19H24N2O4. The minimum Gasteiger partial charge on any atom is -0.493 e. The zero-order valence-corrected chi connectivity index (χ0v) is 14.7. The molecule has 0 fully saturated rings. The molecule has 0 aromatic heterocycles. The first-order chi connectivity index (χ1) is 12.2. The number of urea groups is 1. The number of benzene rings is 2. The first-order valence-electron chi connectivity index (χ1n) is 7.99. The first-order valence-corrected chi connectivity index (χ1v) is 7.99. The molecule has 0 saturated heterocycles. The lowest BCUT2D eigenvalue weighted by Gasteiger charge is -2.17. The minimum absolute atomic E-state index is 0.196. The van der Waals surface area contributed by atoms with E-state index in [4.69, 9.17) is 14.2 Å². The topological polar surface area (TPSA) is 68.8 Å². The Kier molecular flexibility index (Phi) is 7.10. The van der Waals surface area contributed by atoms with Gasteiger partial charge in [-0.05, 0) is 11.6 Å². The van der Waals surface area contributed by atoms with Gasteiger partial charge in [-0.1, -0.05) is 42.5 Å². The van der Waals surface area contributed by atoms with Gasteiger partial charge in [-0.25, -0.2) is 4.79 Å².